The smallest absolute Gasteiger partial charge is 0.264 e. The lowest BCUT2D eigenvalue weighted by Crippen LogP contribution is -2.41. The number of halogens is 1. The molecule has 0 radical (unpaired) electrons. The number of carbonyl (C=O) groups excluding carboxylic acids is 2. The molecule has 0 saturated carbocycles. The Morgan fingerprint density at radius 1 is 1.43 bits per heavy atom. The number of anilines is 1. The van der Waals surface area contributed by atoms with Crippen LogP contribution in [0, 0.1) is 0 Å². The minimum absolute atomic E-state index is 0.116. The maximum absolute atomic E-state index is 12.7. The lowest BCUT2D eigenvalue weighted by molar-refractivity contribution is -0.135. The Hall–Kier alpha value is -2.18. The van der Waals surface area contributed by atoms with E-state index in [9.17, 15) is 14.7 Å². The summed E-state index contributed by atoms with van der Waals surface area (Å²) in [4.78, 5) is 26.5. The summed E-state index contributed by atoms with van der Waals surface area (Å²) in [5.74, 6) is -0.854. The number of carbonyl (C=O) groups is 2. The Kier molecular flexibility index (Phi) is 3.95. The van der Waals surface area contributed by atoms with Crippen LogP contribution in [0.15, 0.2) is 58.1 Å². The van der Waals surface area contributed by atoms with Crippen LogP contribution >= 0.6 is 15.9 Å². The van der Waals surface area contributed by atoms with Crippen LogP contribution in [0.5, 0.6) is 0 Å². The van der Waals surface area contributed by atoms with Crippen LogP contribution in [0.2, 0.25) is 0 Å². The number of benzene rings is 1. The van der Waals surface area contributed by atoms with Crippen molar-refractivity contribution in [3.63, 3.8) is 0 Å². The molecule has 0 spiro atoms. The molecule has 1 aliphatic rings. The van der Waals surface area contributed by atoms with Gasteiger partial charge in [-0.3, -0.25) is 9.59 Å². The first-order valence-corrected chi connectivity index (χ1v) is 7.78. The largest absolute Gasteiger partial charge is 0.461 e. The molecule has 1 aromatic carbocycles. The molecule has 2 aromatic rings. The maximum Gasteiger partial charge on any atom is 0.264 e. The lowest BCUT2D eigenvalue weighted by Gasteiger charge is -2.21. The Labute approximate surface area is 141 Å². The summed E-state index contributed by atoms with van der Waals surface area (Å²) >= 11 is 3.34. The summed E-state index contributed by atoms with van der Waals surface area (Å²) in [7, 11) is 0. The summed E-state index contributed by atoms with van der Waals surface area (Å²) in [5.41, 5.74) is -0.932. The van der Waals surface area contributed by atoms with E-state index in [2.05, 4.69) is 22.5 Å². The van der Waals surface area contributed by atoms with E-state index in [1.165, 1.54) is 17.2 Å². The van der Waals surface area contributed by atoms with Crippen molar-refractivity contribution in [1.29, 1.82) is 0 Å². The third-order valence-electron chi connectivity index (χ3n) is 3.82. The summed E-state index contributed by atoms with van der Waals surface area (Å²) < 4.78 is 5.78. The highest BCUT2D eigenvalue weighted by Gasteiger charge is 2.51. The fourth-order valence-electron chi connectivity index (χ4n) is 2.76. The van der Waals surface area contributed by atoms with Crippen LogP contribution in [0.3, 0.4) is 0 Å². The van der Waals surface area contributed by atoms with Crippen molar-refractivity contribution in [2.75, 3.05) is 11.4 Å². The van der Waals surface area contributed by atoms with E-state index in [0.717, 1.165) is 0 Å². The Balaban J connectivity index is 2.04. The van der Waals surface area contributed by atoms with Crippen LogP contribution in [0.25, 0.3) is 0 Å². The molecule has 0 fully saturated rings. The second-order valence-electron chi connectivity index (χ2n) is 5.30. The van der Waals surface area contributed by atoms with Crippen molar-refractivity contribution in [2.45, 2.75) is 12.0 Å². The molecule has 1 aliphatic heterocycles. The van der Waals surface area contributed by atoms with Gasteiger partial charge in [0, 0.05) is 16.6 Å². The summed E-state index contributed by atoms with van der Waals surface area (Å²) in [6.45, 7) is 3.89. The summed E-state index contributed by atoms with van der Waals surface area (Å²) in [6.07, 6.45) is 2.57. The number of amides is 1. The fourth-order valence-corrected chi connectivity index (χ4v) is 3.12. The first-order valence-electron chi connectivity index (χ1n) is 6.99. The average Bonchev–Trinajstić information content (AvgIpc) is 3.11. The van der Waals surface area contributed by atoms with E-state index in [4.69, 9.17) is 4.42 Å². The van der Waals surface area contributed by atoms with Crippen LogP contribution in [-0.2, 0) is 10.4 Å². The van der Waals surface area contributed by atoms with Crippen molar-refractivity contribution in [3.8, 4) is 0 Å². The number of furan rings is 1. The molecule has 0 aliphatic carbocycles. The van der Waals surface area contributed by atoms with Gasteiger partial charge in [-0.25, -0.2) is 0 Å². The molecule has 23 heavy (non-hydrogen) atoms. The number of hydrogen-bond acceptors (Lipinski definition) is 4. The van der Waals surface area contributed by atoms with Gasteiger partial charge < -0.3 is 14.4 Å². The number of fused-ring (bicyclic) bond motifs is 1. The van der Waals surface area contributed by atoms with Crippen LogP contribution in [0.4, 0.5) is 5.69 Å². The van der Waals surface area contributed by atoms with Crippen LogP contribution in [0.1, 0.15) is 22.5 Å². The second kappa shape index (κ2) is 5.79. The molecule has 5 nitrogen and oxygen atoms in total. The minimum atomic E-state index is -1.91. The molecular formula is C17H14BrNO4. The van der Waals surface area contributed by atoms with Gasteiger partial charge in [-0.15, -0.1) is 6.58 Å². The molecule has 1 amide bonds. The summed E-state index contributed by atoms with van der Waals surface area (Å²) in [5, 5.41) is 11.0. The second-order valence-corrected chi connectivity index (χ2v) is 6.22. The predicted octanol–water partition coefficient (Wildman–Crippen LogP) is 3.04. The lowest BCUT2D eigenvalue weighted by atomic mass is 9.89. The van der Waals surface area contributed by atoms with Crippen molar-refractivity contribution < 1.29 is 19.1 Å². The van der Waals surface area contributed by atoms with E-state index in [1.54, 1.807) is 30.3 Å². The number of hydrogen-bond donors (Lipinski definition) is 1. The molecule has 3 rings (SSSR count). The van der Waals surface area contributed by atoms with Crippen molar-refractivity contribution in [1.82, 2.24) is 0 Å². The molecule has 0 unspecified atom stereocenters. The topological polar surface area (TPSA) is 70.8 Å². The Morgan fingerprint density at radius 2 is 2.22 bits per heavy atom. The molecule has 2 heterocycles. The molecule has 1 aromatic heterocycles. The number of rotatable bonds is 5. The molecule has 1 N–H and O–H groups in total. The predicted molar refractivity (Wildman–Crippen MR) is 88.2 cm³/mol. The van der Waals surface area contributed by atoms with Crippen molar-refractivity contribution in [2.24, 2.45) is 0 Å². The monoisotopic (exact) mass is 375 g/mol. The van der Waals surface area contributed by atoms with Gasteiger partial charge in [0.15, 0.2) is 11.4 Å². The number of Topliss-reactive ketones (excluding diaryl/α,β-unsaturated/α-hetero) is 1. The normalized spacial score (nSPS) is 19.7. The van der Waals surface area contributed by atoms with E-state index >= 15 is 0 Å². The fraction of sp³-hybridized carbons (Fsp3) is 0.176. The molecular weight excluding hydrogens is 362 g/mol. The number of aliphatic hydroxyl groups is 1. The standard InChI is InChI=1S/C17H14BrNO4/c1-2-7-19-13-6-5-11(18)9-12(13)17(22,16(19)21)10-14(20)15-4-3-8-23-15/h2-6,8-9,22H,1,7,10H2/t17-/m0/s1. The van der Waals surface area contributed by atoms with E-state index in [-0.39, 0.29) is 18.7 Å². The van der Waals surface area contributed by atoms with Gasteiger partial charge in [0.1, 0.15) is 0 Å². The van der Waals surface area contributed by atoms with Crippen LogP contribution < -0.4 is 4.90 Å². The zero-order valence-corrected chi connectivity index (χ0v) is 13.7. The van der Waals surface area contributed by atoms with Gasteiger partial charge in [0.2, 0.25) is 5.78 Å². The zero-order valence-electron chi connectivity index (χ0n) is 12.2. The first kappa shape index (κ1) is 15.7. The highest BCUT2D eigenvalue weighted by atomic mass is 79.9. The molecule has 6 heteroatoms. The van der Waals surface area contributed by atoms with E-state index in [1.807, 2.05) is 0 Å². The van der Waals surface area contributed by atoms with Gasteiger partial charge in [0.25, 0.3) is 5.91 Å². The molecule has 1 atom stereocenters. The van der Waals surface area contributed by atoms with Gasteiger partial charge in [-0.2, -0.15) is 0 Å². The average molecular weight is 376 g/mol. The van der Waals surface area contributed by atoms with Crippen molar-refractivity contribution in [3.05, 3.63) is 65.0 Å². The molecule has 0 saturated heterocycles. The first-order chi connectivity index (χ1) is 11.0. The zero-order chi connectivity index (χ0) is 16.6. The van der Waals surface area contributed by atoms with Crippen molar-refractivity contribution >= 4 is 33.3 Å². The van der Waals surface area contributed by atoms with Gasteiger partial charge in [0.05, 0.1) is 18.4 Å². The molecule has 0 bridgehead atoms. The maximum atomic E-state index is 12.7. The van der Waals surface area contributed by atoms with E-state index < -0.39 is 17.3 Å². The highest BCUT2D eigenvalue weighted by Crippen LogP contribution is 2.44. The number of nitrogens with zero attached hydrogens (tertiary/aromatic N) is 1. The quantitative estimate of drug-likeness (QED) is 0.643. The Morgan fingerprint density at radius 3 is 2.87 bits per heavy atom. The SMILES string of the molecule is C=CCN1C(=O)[C@](O)(CC(=O)c2ccco2)c2cc(Br)ccc21. The third-order valence-corrected chi connectivity index (χ3v) is 4.31. The van der Waals surface area contributed by atoms with Gasteiger partial charge in [-0.1, -0.05) is 22.0 Å². The number of ketones is 1. The Bertz CT molecular complexity index is 784. The van der Waals surface area contributed by atoms with E-state index in [0.29, 0.717) is 15.7 Å². The van der Waals surface area contributed by atoms with Gasteiger partial charge in [-0.05, 0) is 30.3 Å². The summed E-state index contributed by atoms with van der Waals surface area (Å²) in [6, 6.07) is 8.26. The molecule has 118 valence electrons. The van der Waals surface area contributed by atoms with Gasteiger partial charge >= 0.3 is 0 Å². The highest BCUT2D eigenvalue weighted by molar-refractivity contribution is 9.10. The van der Waals surface area contributed by atoms with Crippen LogP contribution in [-0.4, -0.2) is 23.3 Å². The minimum Gasteiger partial charge on any atom is -0.461 e. The third kappa shape index (κ3) is 2.54.